The lowest BCUT2D eigenvalue weighted by Crippen LogP contribution is -2.12. The van der Waals surface area contributed by atoms with E-state index in [1.165, 1.54) is 17.7 Å². The van der Waals surface area contributed by atoms with Crippen molar-refractivity contribution < 1.29 is 4.79 Å². The van der Waals surface area contributed by atoms with Gasteiger partial charge in [-0.1, -0.05) is 0 Å². The van der Waals surface area contributed by atoms with Crippen LogP contribution in [0.15, 0.2) is 12.5 Å². The van der Waals surface area contributed by atoms with Crippen molar-refractivity contribution in [1.82, 2.24) is 19.7 Å². The van der Waals surface area contributed by atoms with E-state index in [-0.39, 0.29) is 18.2 Å². The third-order valence-electron chi connectivity index (χ3n) is 2.35. The molecule has 90 valence electrons. The molecule has 2 heterocycles. The topological polar surface area (TPSA) is 60.7 Å². The molecule has 2 aromatic heterocycles. The van der Waals surface area contributed by atoms with Gasteiger partial charge in [0, 0.05) is 12.2 Å². The van der Waals surface area contributed by atoms with Gasteiger partial charge in [0.05, 0.1) is 16.3 Å². The first-order chi connectivity index (χ1) is 8.08. The lowest BCUT2D eigenvalue weighted by Gasteiger charge is -2.07. The van der Waals surface area contributed by atoms with Gasteiger partial charge in [0.25, 0.3) is 0 Å². The maximum absolute atomic E-state index is 12.0. The standard InChI is InChI=1S/C11H14N4OS/c1-7(2)15-11(13-6-14-15)4-9(16)10-5-12-8(3)17-10/h5-7H,4H2,1-3H3. The normalized spacial score (nSPS) is 11.1. The van der Waals surface area contributed by atoms with Crippen LogP contribution in [0.2, 0.25) is 0 Å². The van der Waals surface area contributed by atoms with E-state index in [1.807, 2.05) is 20.8 Å². The molecule has 6 heteroatoms. The Bertz CT molecular complexity index is 529. The van der Waals surface area contributed by atoms with Gasteiger partial charge in [-0.3, -0.25) is 4.79 Å². The minimum atomic E-state index is 0.0468. The number of Topliss-reactive ketones (excluding diaryl/α,β-unsaturated/α-hetero) is 1. The maximum Gasteiger partial charge on any atom is 0.181 e. The average molecular weight is 250 g/mol. The minimum Gasteiger partial charge on any atom is -0.293 e. The van der Waals surface area contributed by atoms with Gasteiger partial charge in [-0.25, -0.2) is 14.6 Å². The summed E-state index contributed by atoms with van der Waals surface area (Å²) in [5.41, 5.74) is 0. The Labute approximate surface area is 104 Å². The first-order valence-electron chi connectivity index (χ1n) is 5.42. The van der Waals surface area contributed by atoms with Gasteiger partial charge < -0.3 is 0 Å². The third-order valence-corrected chi connectivity index (χ3v) is 3.30. The smallest absolute Gasteiger partial charge is 0.181 e. The fourth-order valence-electron chi connectivity index (χ4n) is 1.55. The van der Waals surface area contributed by atoms with Crippen molar-refractivity contribution in [3.05, 3.63) is 28.2 Å². The van der Waals surface area contributed by atoms with Crippen molar-refractivity contribution in [2.24, 2.45) is 0 Å². The van der Waals surface area contributed by atoms with Crippen molar-refractivity contribution in [2.75, 3.05) is 0 Å². The first-order valence-corrected chi connectivity index (χ1v) is 6.23. The van der Waals surface area contributed by atoms with Crippen LogP contribution in [0, 0.1) is 6.92 Å². The summed E-state index contributed by atoms with van der Waals surface area (Å²) in [6.07, 6.45) is 3.39. The summed E-state index contributed by atoms with van der Waals surface area (Å²) in [7, 11) is 0. The lowest BCUT2D eigenvalue weighted by atomic mass is 10.2. The molecule has 0 spiro atoms. The maximum atomic E-state index is 12.0. The molecule has 0 bridgehead atoms. The number of hydrogen-bond acceptors (Lipinski definition) is 5. The summed E-state index contributed by atoms with van der Waals surface area (Å²) >= 11 is 1.41. The van der Waals surface area contributed by atoms with Crippen LogP contribution in [0.4, 0.5) is 0 Å². The van der Waals surface area contributed by atoms with E-state index in [0.29, 0.717) is 10.7 Å². The quantitative estimate of drug-likeness (QED) is 0.779. The SMILES string of the molecule is Cc1ncc(C(=O)Cc2ncnn2C(C)C)s1. The second-order valence-corrected chi connectivity index (χ2v) is 5.29. The highest BCUT2D eigenvalue weighted by Gasteiger charge is 2.15. The highest BCUT2D eigenvalue weighted by atomic mass is 32.1. The van der Waals surface area contributed by atoms with E-state index in [2.05, 4.69) is 15.1 Å². The number of aryl methyl sites for hydroxylation is 1. The van der Waals surface area contributed by atoms with Gasteiger partial charge in [-0.15, -0.1) is 11.3 Å². The van der Waals surface area contributed by atoms with Crippen molar-refractivity contribution in [1.29, 1.82) is 0 Å². The second kappa shape index (κ2) is 4.75. The fraction of sp³-hybridized carbons (Fsp3) is 0.455. The fourth-order valence-corrected chi connectivity index (χ4v) is 2.27. The molecule has 0 unspecified atom stereocenters. The van der Waals surface area contributed by atoms with E-state index < -0.39 is 0 Å². The van der Waals surface area contributed by atoms with E-state index in [9.17, 15) is 4.79 Å². The molecule has 2 rings (SSSR count). The molecule has 2 aromatic rings. The van der Waals surface area contributed by atoms with E-state index in [4.69, 9.17) is 0 Å². The van der Waals surface area contributed by atoms with E-state index in [1.54, 1.807) is 10.9 Å². The summed E-state index contributed by atoms with van der Waals surface area (Å²) in [6.45, 7) is 5.91. The number of thiazole rings is 1. The molecule has 0 fully saturated rings. The number of rotatable bonds is 4. The molecule has 0 saturated carbocycles. The number of aromatic nitrogens is 4. The Morgan fingerprint density at radius 2 is 2.24 bits per heavy atom. The molecule has 0 saturated heterocycles. The number of carbonyl (C=O) groups is 1. The van der Waals surface area contributed by atoms with Gasteiger partial charge in [0.2, 0.25) is 0 Å². The van der Waals surface area contributed by atoms with Gasteiger partial charge in [-0.2, -0.15) is 5.10 Å². The summed E-state index contributed by atoms with van der Waals surface area (Å²) < 4.78 is 1.77. The van der Waals surface area contributed by atoms with Crippen LogP contribution in [0.1, 0.15) is 40.4 Å². The highest BCUT2D eigenvalue weighted by Crippen LogP contribution is 2.15. The number of nitrogens with zero attached hydrogens (tertiary/aromatic N) is 4. The molecule has 0 radical (unpaired) electrons. The molecule has 0 aliphatic rings. The molecule has 17 heavy (non-hydrogen) atoms. The molecule has 0 aliphatic carbocycles. The van der Waals surface area contributed by atoms with Crippen LogP contribution < -0.4 is 0 Å². The monoisotopic (exact) mass is 250 g/mol. The van der Waals surface area contributed by atoms with Crippen LogP contribution in [0.3, 0.4) is 0 Å². The van der Waals surface area contributed by atoms with E-state index >= 15 is 0 Å². The van der Waals surface area contributed by atoms with Crippen LogP contribution >= 0.6 is 11.3 Å². The van der Waals surface area contributed by atoms with Crippen molar-refractivity contribution in [2.45, 2.75) is 33.2 Å². The molecule has 0 aromatic carbocycles. The number of ketones is 1. The highest BCUT2D eigenvalue weighted by molar-refractivity contribution is 7.13. The second-order valence-electron chi connectivity index (χ2n) is 4.06. The summed E-state index contributed by atoms with van der Waals surface area (Å²) in [4.78, 5) is 20.9. The average Bonchev–Trinajstić information content (AvgIpc) is 2.86. The summed E-state index contributed by atoms with van der Waals surface area (Å²) in [6, 6.07) is 0.212. The third kappa shape index (κ3) is 2.58. The zero-order chi connectivity index (χ0) is 12.4. The molecule has 0 atom stereocenters. The van der Waals surface area contributed by atoms with Gasteiger partial charge >= 0.3 is 0 Å². The van der Waals surface area contributed by atoms with Gasteiger partial charge in [0.15, 0.2) is 5.78 Å². The molecular formula is C11H14N4OS. The van der Waals surface area contributed by atoms with Gasteiger partial charge in [-0.05, 0) is 20.8 Å². The molecule has 5 nitrogen and oxygen atoms in total. The first kappa shape index (κ1) is 11.9. The van der Waals surface area contributed by atoms with Crippen LogP contribution in [0.25, 0.3) is 0 Å². The largest absolute Gasteiger partial charge is 0.293 e. The summed E-state index contributed by atoms with van der Waals surface area (Å²) in [5.74, 6) is 0.751. The molecule has 0 aliphatic heterocycles. The molecular weight excluding hydrogens is 236 g/mol. The summed E-state index contributed by atoms with van der Waals surface area (Å²) in [5, 5.41) is 5.01. The van der Waals surface area contributed by atoms with Gasteiger partial charge in [0.1, 0.15) is 12.2 Å². The Hall–Kier alpha value is -1.56. The van der Waals surface area contributed by atoms with Crippen LogP contribution in [-0.2, 0) is 6.42 Å². The predicted molar refractivity (Wildman–Crippen MR) is 65.3 cm³/mol. The van der Waals surface area contributed by atoms with E-state index in [0.717, 1.165) is 5.01 Å². The zero-order valence-corrected chi connectivity index (χ0v) is 10.9. The minimum absolute atomic E-state index is 0.0468. The van der Waals surface area contributed by atoms with Crippen molar-refractivity contribution in [3.8, 4) is 0 Å². The Balaban J connectivity index is 2.16. The number of carbonyl (C=O) groups excluding carboxylic acids is 1. The lowest BCUT2D eigenvalue weighted by molar-refractivity contribution is 0.0992. The predicted octanol–water partition coefficient (Wildman–Crippen LogP) is 2.05. The van der Waals surface area contributed by atoms with Crippen LogP contribution in [-0.4, -0.2) is 25.5 Å². The molecule has 0 N–H and O–H groups in total. The molecule has 0 amide bonds. The Kier molecular flexibility index (Phi) is 3.33. The van der Waals surface area contributed by atoms with Crippen LogP contribution in [0.5, 0.6) is 0 Å². The number of hydrogen-bond donors (Lipinski definition) is 0. The van der Waals surface area contributed by atoms with Crippen molar-refractivity contribution in [3.63, 3.8) is 0 Å². The zero-order valence-electron chi connectivity index (χ0n) is 10.0. The van der Waals surface area contributed by atoms with Crippen molar-refractivity contribution >= 4 is 17.1 Å². The Morgan fingerprint density at radius 3 is 2.82 bits per heavy atom. The Morgan fingerprint density at radius 1 is 1.47 bits per heavy atom.